The fourth-order valence-electron chi connectivity index (χ4n) is 3.04. The summed E-state index contributed by atoms with van der Waals surface area (Å²) in [5.41, 5.74) is 2.57. The minimum Gasteiger partial charge on any atom is -0.451 e. The number of nitrogens with zero attached hydrogens (tertiary/aromatic N) is 3. The Labute approximate surface area is 187 Å². The number of para-hydroxylation sites is 1. The maximum atomic E-state index is 13.0. The van der Waals surface area contributed by atoms with Crippen molar-refractivity contribution in [1.82, 2.24) is 15.2 Å². The molecule has 1 amide bonds. The second kappa shape index (κ2) is 9.72. The molecule has 0 bridgehead atoms. The summed E-state index contributed by atoms with van der Waals surface area (Å²) in [5.74, 6) is 0.624. The quantitative estimate of drug-likeness (QED) is 0.233. The van der Waals surface area contributed by atoms with E-state index in [-0.39, 0.29) is 5.91 Å². The van der Waals surface area contributed by atoms with Crippen molar-refractivity contribution >= 4 is 56.4 Å². The standard InChI is InChI=1S/C21H22N4O2S3/c1-3-4-5-10-17-24-25-20(30-17)23-19(26)18-15(12-29-21-22-13(2)11-28-21)14-8-6-7-9-16(14)27-18/h6-9,11H,3-5,10,12H2,1-2H3,(H,23,25,26). The molecule has 30 heavy (non-hydrogen) atoms. The number of anilines is 1. The molecule has 0 saturated heterocycles. The number of thioether (sulfide) groups is 1. The van der Waals surface area contributed by atoms with Crippen molar-refractivity contribution in [3.63, 3.8) is 0 Å². The van der Waals surface area contributed by atoms with Gasteiger partial charge in [-0.2, -0.15) is 0 Å². The van der Waals surface area contributed by atoms with E-state index in [1.54, 1.807) is 23.1 Å². The average molecular weight is 459 g/mol. The molecule has 0 fully saturated rings. The highest BCUT2D eigenvalue weighted by atomic mass is 32.2. The maximum Gasteiger partial charge on any atom is 0.293 e. The largest absolute Gasteiger partial charge is 0.451 e. The number of aryl methyl sites for hydroxylation is 2. The highest BCUT2D eigenvalue weighted by Crippen LogP contribution is 2.33. The van der Waals surface area contributed by atoms with Crippen LogP contribution in [0, 0.1) is 6.92 Å². The SMILES string of the molecule is CCCCCc1nnc(NC(=O)c2oc3ccccc3c2CSc2nc(C)cs2)s1. The number of fused-ring (bicyclic) bond motifs is 1. The van der Waals surface area contributed by atoms with E-state index in [9.17, 15) is 4.79 Å². The Hall–Kier alpha value is -2.23. The summed E-state index contributed by atoms with van der Waals surface area (Å²) in [6.45, 7) is 4.15. The molecule has 6 nitrogen and oxygen atoms in total. The zero-order chi connectivity index (χ0) is 20.9. The summed E-state index contributed by atoms with van der Waals surface area (Å²) < 4.78 is 6.90. The molecule has 9 heteroatoms. The van der Waals surface area contributed by atoms with Gasteiger partial charge >= 0.3 is 0 Å². The van der Waals surface area contributed by atoms with E-state index in [4.69, 9.17) is 4.42 Å². The highest BCUT2D eigenvalue weighted by molar-refractivity contribution is 8.00. The van der Waals surface area contributed by atoms with Crippen LogP contribution < -0.4 is 5.32 Å². The van der Waals surface area contributed by atoms with Gasteiger partial charge < -0.3 is 4.42 Å². The second-order valence-electron chi connectivity index (χ2n) is 6.86. The number of carbonyl (C=O) groups is 1. The van der Waals surface area contributed by atoms with E-state index < -0.39 is 0 Å². The number of unbranched alkanes of at least 4 members (excludes halogenated alkanes) is 2. The molecule has 4 aromatic rings. The number of nitrogens with one attached hydrogen (secondary N) is 1. The molecular formula is C21H22N4O2S3. The molecule has 1 N–H and O–H groups in total. The Morgan fingerprint density at radius 2 is 2.10 bits per heavy atom. The molecule has 0 aliphatic carbocycles. The van der Waals surface area contributed by atoms with Crippen molar-refractivity contribution in [2.75, 3.05) is 5.32 Å². The lowest BCUT2D eigenvalue weighted by atomic mass is 10.1. The topological polar surface area (TPSA) is 80.9 Å². The fraction of sp³-hybridized carbons (Fsp3) is 0.333. The van der Waals surface area contributed by atoms with Crippen LogP contribution >= 0.6 is 34.4 Å². The molecule has 3 aromatic heterocycles. The first-order valence-electron chi connectivity index (χ1n) is 9.83. The van der Waals surface area contributed by atoms with Crippen molar-refractivity contribution < 1.29 is 9.21 Å². The first-order chi connectivity index (χ1) is 14.6. The minimum absolute atomic E-state index is 0.298. The van der Waals surface area contributed by atoms with Crippen LogP contribution in [0.25, 0.3) is 11.0 Å². The van der Waals surface area contributed by atoms with Gasteiger partial charge in [0.25, 0.3) is 5.91 Å². The van der Waals surface area contributed by atoms with Gasteiger partial charge in [0.05, 0.1) is 0 Å². The van der Waals surface area contributed by atoms with Gasteiger partial charge in [-0.25, -0.2) is 4.98 Å². The molecule has 0 radical (unpaired) electrons. The molecule has 3 heterocycles. The van der Waals surface area contributed by atoms with Crippen LogP contribution in [0.2, 0.25) is 0 Å². The Morgan fingerprint density at radius 3 is 2.90 bits per heavy atom. The number of furan rings is 1. The third-order valence-electron chi connectivity index (χ3n) is 4.52. The predicted molar refractivity (Wildman–Crippen MR) is 124 cm³/mol. The molecular weight excluding hydrogens is 436 g/mol. The Kier molecular flexibility index (Phi) is 6.81. The van der Waals surface area contributed by atoms with Gasteiger partial charge in [-0.1, -0.05) is 61.1 Å². The first kappa shape index (κ1) is 21.0. The Balaban J connectivity index is 1.53. The molecule has 0 aliphatic heterocycles. The molecule has 0 unspecified atom stereocenters. The zero-order valence-corrected chi connectivity index (χ0v) is 19.3. The third-order valence-corrected chi connectivity index (χ3v) is 7.59. The summed E-state index contributed by atoms with van der Waals surface area (Å²) >= 11 is 4.64. The maximum absolute atomic E-state index is 13.0. The number of hydrogen-bond donors (Lipinski definition) is 1. The lowest BCUT2D eigenvalue weighted by molar-refractivity contribution is 0.0997. The van der Waals surface area contributed by atoms with Gasteiger partial charge in [0.2, 0.25) is 5.13 Å². The summed E-state index contributed by atoms with van der Waals surface area (Å²) in [5, 5.41) is 15.6. The van der Waals surface area contributed by atoms with Crippen LogP contribution in [-0.2, 0) is 12.2 Å². The van der Waals surface area contributed by atoms with Crippen molar-refractivity contribution in [1.29, 1.82) is 0 Å². The molecule has 0 saturated carbocycles. The van der Waals surface area contributed by atoms with Gasteiger partial charge in [0.1, 0.15) is 14.9 Å². The lowest BCUT2D eigenvalue weighted by Crippen LogP contribution is -2.12. The highest BCUT2D eigenvalue weighted by Gasteiger charge is 2.22. The molecule has 156 valence electrons. The van der Waals surface area contributed by atoms with Gasteiger partial charge in [0, 0.05) is 34.2 Å². The fourth-order valence-corrected chi connectivity index (χ4v) is 5.70. The normalized spacial score (nSPS) is 11.3. The van der Waals surface area contributed by atoms with Crippen LogP contribution in [-0.4, -0.2) is 21.1 Å². The molecule has 4 rings (SSSR count). The molecule has 0 atom stereocenters. The monoisotopic (exact) mass is 458 g/mol. The van der Waals surface area contributed by atoms with Gasteiger partial charge in [-0.3, -0.25) is 10.1 Å². The first-order valence-corrected chi connectivity index (χ1v) is 12.5. The number of thiazole rings is 1. The number of hydrogen-bond acceptors (Lipinski definition) is 8. The number of aromatic nitrogens is 3. The smallest absolute Gasteiger partial charge is 0.293 e. The lowest BCUT2D eigenvalue weighted by Gasteiger charge is -2.02. The van der Waals surface area contributed by atoms with Gasteiger partial charge in [-0.05, 0) is 19.4 Å². The van der Waals surface area contributed by atoms with E-state index in [2.05, 4.69) is 27.4 Å². The Morgan fingerprint density at radius 1 is 1.23 bits per heavy atom. The van der Waals surface area contributed by atoms with Gasteiger partial charge in [0.15, 0.2) is 5.76 Å². The van der Waals surface area contributed by atoms with Crippen LogP contribution in [0.15, 0.2) is 38.4 Å². The van der Waals surface area contributed by atoms with Crippen LogP contribution in [0.3, 0.4) is 0 Å². The van der Waals surface area contributed by atoms with Crippen LogP contribution in [0.5, 0.6) is 0 Å². The van der Waals surface area contributed by atoms with Crippen molar-refractivity contribution in [2.45, 2.75) is 49.6 Å². The van der Waals surface area contributed by atoms with E-state index in [0.29, 0.717) is 22.2 Å². The van der Waals surface area contributed by atoms with E-state index in [1.165, 1.54) is 17.8 Å². The number of amides is 1. The van der Waals surface area contributed by atoms with Gasteiger partial charge in [-0.15, -0.1) is 21.5 Å². The molecule has 0 spiro atoms. The minimum atomic E-state index is -0.298. The van der Waals surface area contributed by atoms with Crippen molar-refractivity contribution in [3.8, 4) is 0 Å². The summed E-state index contributed by atoms with van der Waals surface area (Å²) in [7, 11) is 0. The number of benzene rings is 1. The van der Waals surface area contributed by atoms with Crippen molar-refractivity contribution in [2.24, 2.45) is 0 Å². The van der Waals surface area contributed by atoms with E-state index in [0.717, 1.165) is 45.3 Å². The number of carbonyl (C=O) groups excluding carboxylic acids is 1. The summed E-state index contributed by atoms with van der Waals surface area (Å²) in [6.07, 6.45) is 4.30. The van der Waals surface area contributed by atoms with E-state index >= 15 is 0 Å². The Bertz CT molecular complexity index is 1150. The predicted octanol–water partition coefficient (Wildman–Crippen LogP) is 6.33. The second-order valence-corrected chi connectivity index (χ2v) is 10.0. The number of rotatable bonds is 9. The molecule has 0 aliphatic rings. The average Bonchev–Trinajstić information content (AvgIpc) is 3.45. The molecule has 1 aromatic carbocycles. The third kappa shape index (κ3) is 4.91. The van der Waals surface area contributed by atoms with Crippen LogP contribution in [0.4, 0.5) is 5.13 Å². The summed E-state index contributed by atoms with van der Waals surface area (Å²) in [4.78, 5) is 17.5. The zero-order valence-electron chi connectivity index (χ0n) is 16.8. The van der Waals surface area contributed by atoms with Crippen molar-refractivity contribution in [3.05, 3.63) is 51.7 Å². The van der Waals surface area contributed by atoms with Crippen LogP contribution in [0.1, 0.15) is 53.0 Å². The summed E-state index contributed by atoms with van der Waals surface area (Å²) in [6, 6.07) is 7.72. The van der Waals surface area contributed by atoms with E-state index in [1.807, 2.05) is 36.6 Å².